The van der Waals surface area contributed by atoms with Crippen molar-refractivity contribution in [2.24, 2.45) is 0 Å². The highest BCUT2D eigenvalue weighted by molar-refractivity contribution is 6.04. The number of fused-ring (bicyclic) bond motifs is 1. The second kappa shape index (κ2) is 8.27. The third-order valence-electron chi connectivity index (χ3n) is 4.74. The summed E-state index contributed by atoms with van der Waals surface area (Å²) in [4.78, 5) is 44.6. The van der Waals surface area contributed by atoms with Gasteiger partial charge in [0.15, 0.2) is 0 Å². The number of H-pyrrole nitrogens is 1. The van der Waals surface area contributed by atoms with E-state index in [1.165, 1.54) is 31.4 Å². The van der Waals surface area contributed by atoms with E-state index >= 15 is 0 Å². The van der Waals surface area contributed by atoms with Crippen molar-refractivity contribution in [1.29, 1.82) is 0 Å². The number of carbonyl (C=O) groups excluding carboxylic acids is 2. The molecule has 1 unspecified atom stereocenters. The first-order valence-electron chi connectivity index (χ1n) is 9.35. The predicted molar refractivity (Wildman–Crippen MR) is 112 cm³/mol. The van der Waals surface area contributed by atoms with Crippen LogP contribution in [-0.2, 0) is 9.59 Å². The number of benzene rings is 2. The van der Waals surface area contributed by atoms with Crippen molar-refractivity contribution in [3.63, 3.8) is 0 Å². The van der Waals surface area contributed by atoms with Gasteiger partial charge in [0.05, 0.1) is 24.3 Å². The Labute approximate surface area is 175 Å². The molecular weight excluding hydrogens is 405 g/mol. The highest BCUT2D eigenvalue weighted by atomic mass is 19.1. The molecule has 0 aliphatic carbocycles. The number of para-hydroxylation sites is 2. The number of anilines is 4. The van der Waals surface area contributed by atoms with E-state index < -0.39 is 29.1 Å². The average molecular weight is 423 g/mol. The van der Waals surface area contributed by atoms with Gasteiger partial charge < -0.3 is 20.7 Å². The van der Waals surface area contributed by atoms with Gasteiger partial charge in [0, 0.05) is 12.1 Å². The first kappa shape index (κ1) is 20.1. The van der Waals surface area contributed by atoms with Gasteiger partial charge in [0.2, 0.25) is 17.8 Å². The summed E-state index contributed by atoms with van der Waals surface area (Å²) in [6.45, 7) is 0. The number of rotatable bonds is 5. The SMILES string of the molecule is COc1ccccc1Nc1nc2c(c(=O)[nH]1)C(C(=O)Nc1ccc(F)cc1)CC(=O)N2. The van der Waals surface area contributed by atoms with Gasteiger partial charge in [-0.25, -0.2) is 4.39 Å². The molecule has 2 heterocycles. The number of halogens is 1. The summed E-state index contributed by atoms with van der Waals surface area (Å²) in [5.74, 6) is -1.91. The summed E-state index contributed by atoms with van der Waals surface area (Å²) in [7, 11) is 1.51. The zero-order valence-electron chi connectivity index (χ0n) is 16.4. The lowest BCUT2D eigenvalue weighted by atomic mass is 9.92. The minimum Gasteiger partial charge on any atom is -0.495 e. The molecule has 0 saturated carbocycles. The zero-order chi connectivity index (χ0) is 22.0. The van der Waals surface area contributed by atoms with Gasteiger partial charge in [0.1, 0.15) is 17.4 Å². The van der Waals surface area contributed by atoms with E-state index in [-0.39, 0.29) is 23.8 Å². The van der Waals surface area contributed by atoms with Crippen molar-refractivity contribution in [3.8, 4) is 5.75 Å². The minimum atomic E-state index is -1.05. The largest absolute Gasteiger partial charge is 0.495 e. The summed E-state index contributed by atoms with van der Waals surface area (Å²) in [6.07, 6.45) is -0.218. The zero-order valence-corrected chi connectivity index (χ0v) is 16.4. The van der Waals surface area contributed by atoms with Crippen LogP contribution in [0, 0.1) is 5.82 Å². The first-order valence-corrected chi connectivity index (χ1v) is 9.35. The Kier molecular flexibility index (Phi) is 5.35. The monoisotopic (exact) mass is 423 g/mol. The maximum Gasteiger partial charge on any atom is 0.258 e. The second-order valence-corrected chi connectivity index (χ2v) is 6.80. The number of nitrogens with zero attached hydrogens (tertiary/aromatic N) is 1. The average Bonchev–Trinajstić information content (AvgIpc) is 2.75. The van der Waals surface area contributed by atoms with E-state index in [1.807, 2.05) is 0 Å². The van der Waals surface area contributed by atoms with Crippen LogP contribution < -0.4 is 26.2 Å². The van der Waals surface area contributed by atoms with Gasteiger partial charge in [-0.3, -0.25) is 19.4 Å². The lowest BCUT2D eigenvalue weighted by Gasteiger charge is -2.23. The molecule has 10 heteroatoms. The molecule has 1 aliphatic rings. The second-order valence-electron chi connectivity index (χ2n) is 6.80. The Morgan fingerprint density at radius 3 is 2.65 bits per heavy atom. The van der Waals surface area contributed by atoms with Crippen LogP contribution >= 0.6 is 0 Å². The molecule has 1 atom stereocenters. The lowest BCUT2D eigenvalue weighted by Crippen LogP contribution is -2.36. The van der Waals surface area contributed by atoms with Crippen molar-refractivity contribution in [2.75, 3.05) is 23.1 Å². The molecule has 0 saturated heterocycles. The Morgan fingerprint density at radius 2 is 1.90 bits per heavy atom. The molecule has 4 N–H and O–H groups in total. The number of methoxy groups -OCH3 is 1. The van der Waals surface area contributed by atoms with Gasteiger partial charge in [-0.15, -0.1) is 0 Å². The maximum atomic E-state index is 13.1. The van der Waals surface area contributed by atoms with Crippen LogP contribution in [0.15, 0.2) is 53.3 Å². The molecule has 2 aromatic carbocycles. The van der Waals surface area contributed by atoms with Crippen molar-refractivity contribution in [1.82, 2.24) is 9.97 Å². The van der Waals surface area contributed by atoms with E-state index in [0.29, 0.717) is 17.1 Å². The number of aromatic amines is 1. The lowest BCUT2D eigenvalue weighted by molar-refractivity contribution is -0.123. The number of hydrogen-bond acceptors (Lipinski definition) is 6. The summed E-state index contributed by atoms with van der Waals surface area (Å²) in [5, 5.41) is 8.08. The van der Waals surface area contributed by atoms with E-state index in [0.717, 1.165) is 0 Å². The van der Waals surface area contributed by atoms with Crippen LogP contribution in [0.25, 0.3) is 0 Å². The molecule has 3 aromatic rings. The van der Waals surface area contributed by atoms with Gasteiger partial charge in [-0.05, 0) is 36.4 Å². The molecule has 2 amide bonds. The number of amides is 2. The standard InChI is InChI=1S/C21H18FN5O4/c1-31-15-5-3-2-4-14(15)24-21-26-18-17(20(30)27-21)13(10-16(28)25-18)19(29)23-12-8-6-11(22)7-9-12/h2-9,13H,10H2,1H3,(H,23,29)(H3,24,25,26,27,28,30). The van der Waals surface area contributed by atoms with Gasteiger partial charge in [0.25, 0.3) is 5.56 Å². The third kappa shape index (κ3) is 4.22. The van der Waals surface area contributed by atoms with Crippen LogP contribution in [0.2, 0.25) is 0 Å². The topological polar surface area (TPSA) is 125 Å². The fraction of sp³-hybridized carbons (Fsp3) is 0.143. The summed E-state index contributed by atoms with van der Waals surface area (Å²) in [5.41, 5.74) is 0.380. The molecule has 158 valence electrons. The van der Waals surface area contributed by atoms with E-state index in [2.05, 4.69) is 25.9 Å². The van der Waals surface area contributed by atoms with Crippen molar-refractivity contribution < 1.29 is 18.7 Å². The van der Waals surface area contributed by atoms with Crippen molar-refractivity contribution in [3.05, 3.63) is 70.3 Å². The Bertz CT molecular complexity index is 1210. The van der Waals surface area contributed by atoms with Gasteiger partial charge >= 0.3 is 0 Å². The molecule has 9 nitrogen and oxygen atoms in total. The smallest absolute Gasteiger partial charge is 0.258 e. The molecule has 0 bridgehead atoms. The van der Waals surface area contributed by atoms with E-state index in [1.54, 1.807) is 24.3 Å². The predicted octanol–water partition coefficient (Wildman–Crippen LogP) is 2.73. The van der Waals surface area contributed by atoms with Gasteiger partial charge in [-0.1, -0.05) is 12.1 Å². The molecule has 0 fully saturated rings. The molecule has 0 radical (unpaired) electrons. The first-order chi connectivity index (χ1) is 14.9. The Balaban J connectivity index is 1.64. The summed E-state index contributed by atoms with van der Waals surface area (Å²) >= 11 is 0. The molecule has 1 aromatic heterocycles. The van der Waals surface area contributed by atoms with E-state index in [4.69, 9.17) is 4.74 Å². The third-order valence-corrected chi connectivity index (χ3v) is 4.74. The van der Waals surface area contributed by atoms with Crippen LogP contribution in [0.4, 0.5) is 27.5 Å². The normalized spacial score (nSPS) is 14.9. The summed E-state index contributed by atoms with van der Waals surface area (Å²) in [6, 6.07) is 12.2. The number of carbonyl (C=O) groups is 2. The molecule has 1 aliphatic heterocycles. The van der Waals surface area contributed by atoms with Crippen LogP contribution in [0.3, 0.4) is 0 Å². The minimum absolute atomic E-state index is 0.00310. The molecule has 0 spiro atoms. The van der Waals surface area contributed by atoms with Crippen LogP contribution in [0.1, 0.15) is 17.9 Å². The number of hydrogen-bond donors (Lipinski definition) is 4. The molecular formula is C21H18FN5O4. The van der Waals surface area contributed by atoms with Crippen LogP contribution in [-0.4, -0.2) is 28.9 Å². The number of nitrogens with one attached hydrogen (secondary N) is 4. The highest BCUT2D eigenvalue weighted by Gasteiger charge is 2.34. The molecule has 31 heavy (non-hydrogen) atoms. The van der Waals surface area contributed by atoms with Gasteiger partial charge in [-0.2, -0.15) is 4.98 Å². The maximum absolute atomic E-state index is 13.1. The number of ether oxygens (including phenoxy) is 1. The highest BCUT2D eigenvalue weighted by Crippen LogP contribution is 2.31. The fourth-order valence-corrected chi connectivity index (χ4v) is 3.29. The number of aromatic nitrogens is 2. The quantitative estimate of drug-likeness (QED) is 0.500. The van der Waals surface area contributed by atoms with Crippen molar-refractivity contribution >= 4 is 35.0 Å². The Morgan fingerprint density at radius 1 is 1.16 bits per heavy atom. The molecule has 4 rings (SSSR count). The summed E-state index contributed by atoms with van der Waals surface area (Å²) < 4.78 is 18.4. The van der Waals surface area contributed by atoms with E-state index in [9.17, 15) is 18.8 Å². The fourth-order valence-electron chi connectivity index (χ4n) is 3.29. The van der Waals surface area contributed by atoms with Crippen molar-refractivity contribution in [2.45, 2.75) is 12.3 Å². The van der Waals surface area contributed by atoms with Crippen LogP contribution in [0.5, 0.6) is 5.75 Å². The Hall–Kier alpha value is -4.21.